The molecule has 1 amide bonds. The Kier molecular flexibility index (Phi) is 6.11. The fraction of sp³-hybridized carbons (Fsp3) is 0.435. The molecule has 0 spiro atoms. The fourth-order valence-electron chi connectivity index (χ4n) is 4.55. The zero-order chi connectivity index (χ0) is 21.2. The zero-order valence-corrected chi connectivity index (χ0v) is 19.0. The number of rotatable bonds is 6. The number of aryl methyl sites for hydroxylation is 2. The second-order valence-electron chi connectivity index (χ2n) is 8.32. The SMILES string of the molecule is O=C(CSc1nc2sc3c(c2c(=O)[nH]1)CCCC3)NC1CCN(Cc2ccccc2)C1. The summed E-state index contributed by atoms with van der Waals surface area (Å²) in [6.45, 7) is 2.77. The molecule has 1 aromatic carbocycles. The molecule has 162 valence electrons. The summed E-state index contributed by atoms with van der Waals surface area (Å²) in [4.78, 5) is 37.1. The first-order valence-electron chi connectivity index (χ1n) is 10.9. The third-order valence-corrected chi connectivity index (χ3v) is 8.09. The Balaban J connectivity index is 1.16. The third kappa shape index (κ3) is 4.71. The lowest BCUT2D eigenvalue weighted by atomic mass is 9.97. The standard InChI is InChI=1S/C23H26N4O2S2/c28-19(24-16-10-11-27(13-16)12-15-6-2-1-3-7-15)14-30-23-25-21(29)20-17-8-4-5-9-18(17)31-22(20)26-23/h1-3,6-7,16H,4-5,8-14H2,(H,24,28)(H,25,26,29). The van der Waals surface area contributed by atoms with Crippen LogP contribution in [-0.2, 0) is 24.2 Å². The van der Waals surface area contributed by atoms with Crippen LogP contribution in [0.1, 0.15) is 35.3 Å². The smallest absolute Gasteiger partial charge is 0.260 e. The molecule has 8 heteroatoms. The Bertz CT molecular complexity index is 1140. The van der Waals surface area contributed by atoms with Crippen molar-refractivity contribution < 1.29 is 4.79 Å². The van der Waals surface area contributed by atoms with Gasteiger partial charge in [0.15, 0.2) is 5.16 Å². The second kappa shape index (κ2) is 9.14. The number of nitrogens with one attached hydrogen (secondary N) is 2. The zero-order valence-electron chi connectivity index (χ0n) is 17.4. The van der Waals surface area contributed by atoms with Gasteiger partial charge in [0.1, 0.15) is 4.83 Å². The van der Waals surface area contributed by atoms with E-state index in [-0.39, 0.29) is 23.3 Å². The van der Waals surface area contributed by atoms with Crippen LogP contribution in [0.3, 0.4) is 0 Å². The lowest BCUT2D eigenvalue weighted by Crippen LogP contribution is -2.38. The summed E-state index contributed by atoms with van der Waals surface area (Å²) in [6.07, 6.45) is 5.30. The maximum atomic E-state index is 12.6. The van der Waals surface area contributed by atoms with Crippen molar-refractivity contribution in [2.45, 2.75) is 49.8 Å². The summed E-state index contributed by atoms with van der Waals surface area (Å²) in [5, 5.41) is 4.43. The predicted molar refractivity (Wildman–Crippen MR) is 126 cm³/mol. The minimum atomic E-state index is -0.0698. The number of carbonyl (C=O) groups excluding carboxylic acids is 1. The fourth-order valence-corrected chi connectivity index (χ4v) is 6.54. The molecule has 0 bridgehead atoms. The van der Waals surface area contributed by atoms with E-state index in [4.69, 9.17) is 0 Å². The number of thioether (sulfide) groups is 1. The highest BCUT2D eigenvalue weighted by atomic mass is 32.2. The first kappa shape index (κ1) is 20.7. The van der Waals surface area contributed by atoms with Gasteiger partial charge in [-0.05, 0) is 43.2 Å². The topological polar surface area (TPSA) is 78.1 Å². The number of hydrogen-bond acceptors (Lipinski definition) is 6. The van der Waals surface area contributed by atoms with Crippen molar-refractivity contribution in [3.63, 3.8) is 0 Å². The van der Waals surface area contributed by atoms with E-state index >= 15 is 0 Å². The monoisotopic (exact) mass is 454 g/mol. The van der Waals surface area contributed by atoms with Gasteiger partial charge >= 0.3 is 0 Å². The molecule has 6 nitrogen and oxygen atoms in total. The molecule has 2 aliphatic rings. The Morgan fingerprint density at radius 2 is 2.10 bits per heavy atom. The summed E-state index contributed by atoms with van der Waals surface area (Å²) >= 11 is 2.94. The van der Waals surface area contributed by atoms with Gasteiger partial charge in [0, 0.05) is 30.6 Å². The molecule has 1 unspecified atom stereocenters. The first-order chi connectivity index (χ1) is 15.2. The summed E-state index contributed by atoms with van der Waals surface area (Å²) in [7, 11) is 0. The maximum absolute atomic E-state index is 12.6. The average Bonchev–Trinajstić information content (AvgIpc) is 3.37. The largest absolute Gasteiger partial charge is 0.351 e. The van der Waals surface area contributed by atoms with Crippen LogP contribution in [0.2, 0.25) is 0 Å². The molecule has 1 saturated heterocycles. The Morgan fingerprint density at radius 1 is 1.26 bits per heavy atom. The van der Waals surface area contributed by atoms with Crippen LogP contribution < -0.4 is 10.9 Å². The van der Waals surface area contributed by atoms with Crippen LogP contribution >= 0.6 is 23.1 Å². The van der Waals surface area contributed by atoms with E-state index in [1.165, 1.54) is 34.2 Å². The number of carbonyl (C=O) groups is 1. The van der Waals surface area contributed by atoms with Crippen molar-refractivity contribution in [2.75, 3.05) is 18.8 Å². The van der Waals surface area contributed by atoms with Crippen molar-refractivity contribution in [3.05, 3.63) is 56.7 Å². The molecule has 1 fully saturated rings. The second-order valence-corrected chi connectivity index (χ2v) is 10.4. The molecule has 1 aliphatic carbocycles. The number of likely N-dealkylation sites (tertiary alicyclic amines) is 1. The van der Waals surface area contributed by atoms with Crippen molar-refractivity contribution >= 4 is 39.2 Å². The normalized spacial score (nSPS) is 18.9. The van der Waals surface area contributed by atoms with Crippen LogP contribution in [0.25, 0.3) is 10.2 Å². The number of H-pyrrole nitrogens is 1. The van der Waals surface area contributed by atoms with E-state index in [0.717, 1.165) is 55.5 Å². The lowest BCUT2D eigenvalue weighted by Gasteiger charge is -2.16. The molecule has 5 rings (SSSR count). The lowest BCUT2D eigenvalue weighted by molar-refractivity contribution is -0.119. The Hall–Kier alpha value is -2.16. The van der Waals surface area contributed by atoms with Gasteiger partial charge in [-0.3, -0.25) is 14.5 Å². The molecular formula is C23H26N4O2S2. The Morgan fingerprint density at radius 3 is 2.97 bits per heavy atom. The highest BCUT2D eigenvalue weighted by Gasteiger charge is 2.24. The van der Waals surface area contributed by atoms with Crippen molar-refractivity contribution in [2.24, 2.45) is 0 Å². The third-order valence-electron chi connectivity index (χ3n) is 6.03. The number of benzene rings is 1. The summed E-state index contributed by atoms with van der Waals surface area (Å²) < 4.78 is 0. The predicted octanol–water partition coefficient (Wildman–Crippen LogP) is 3.35. The minimum Gasteiger partial charge on any atom is -0.351 e. The average molecular weight is 455 g/mol. The number of aromatic nitrogens is 2. The van der Waals surface area contributed by atoms with Crippen LogP contribution in [0.15, 0.2) is 40.3 Å². The van der Waals surface area contributed by atoms with Gasteiger partial charge in [-0.15, -0.1) is 11.3 Å². The van der Waals surface area contributed by atoms with Gasteiger partial charge < -0.3 is 10.3 Å². The quantitative estimate of drug-likeness (QED) is 0.441. The molecule has 2 N–H and O–H groups in total. The number of hydrogen-bond donors (Lipinski definition) is 2. The number of amides is 1. The van der Waals surface area contributed by atoms with Crippen molar-refractivity contribution in [3.8, 4) is 0 Å². The van der Waals surface area contributed by atoms with Crippen LogP contribution in [0.4, 0.5) is 0 Å². The van der Waals surface area contributed by atoms with Gasteiger partial charge in [-0.1, -0.05) is 42.1 Å². The highest BCUT2D eigenvalue weighted by molar-refractivity contribution is 7.99. The summed E-state index contributed by atoms with van der Waals surface area (Å²) in [5.41, 5.74) is 2.42. The minimum absolute atomic E-state index is 0.00946. The van der Waals surface area contributed by atoms with Gasteiger partial charge in [0.2, 0.25) is 5.91 Å². The first-order valence-corrected chi connectivity index (χ1v) is 12.7. The highest BCUT2D eigenvalue weighted by Crippen LogP contribution is 2.34. The maximum Gasteiger partial charge on any atom is 0.260 e. The molecule has 1 aliphatic heterocycles. The van der Waals surface area contributed by atoms with E-state index < -0.39 is 0 Å². The molecular weight excluding hydrogens is 428 g/mol. The van der Waals surface area contributed by atoms with E-state index in [0.29, 0.717) is 5.16 Å². The molecule has 0 saturated carbocycles. The van der Waals surface area contributed by atoms with Gasteiger partial charge in [0.25, 0.3) is 5.56 Å². The molecule has 2 aromatic heterocycles. The van der Waals surface area contributed by atoms with Crippen LogP contribution in [0.5, 0.6) is 0 Å². The molecule has 0 radical (unpaired) electrons. The van der Waals surface area contributed by atoms with Crippen molar-refractivity contribution in [1.29, 1.82) is 0 Å². The number of thiophene rings is 1. The number of fused-ring (bicyclic) bond motifs is 3. The van der Waals surface area contributed by atoms with Crippen molar-refractivity contribution in [1.82, 2.24) is 20.2 Å². The molecule has 1 atom stereocenters. The summed E-state index contributed by atoms with van der Waals surface area (Å²) in [6, 6.07) is 10.6. The van der Waals surface area contributed by atoms with Gasteiger partial charge in [-0.25, -0.2) is 4.98 Å². The number of nitrogens with zero attached hydrogens (tertiary/aromatic N) is 2. The van der Waals surface area contributed by atoms with Gasteiger partial charge in [-0.2, -0.15) is 0 Å². The van der Waals surface area contributed by atoms with Crippen LogP contribution in [0, 0.1) is 0 Å². The van der Waals surface area contributed by atoms with Gasteiger partial charge in [0.05, 0.1) is 11.1 Å². The van der Waals surface area contributed by atoms with E-state index in [2.05, 4.69) is 44.5 Å². The number of aromatic amines is 1. The molecule has 3 heterocycles. The van der Waals surface area contributed by atoms with E-state index in [1.807, 2.05) is 6.07 Å². The van der Waals surface area contributed by atoms with E-state index in [1.54, 1.807) is 11.3 Å². The van der Waals surface area contributed by atoms with Crippen LogP contribution in [-0.4, -0.2) is 45.7 Å². The summed E-state index contributed by atoms with van der Waals surface area (Å²) in [5.74, 6) is 0.249. The Labute approximate surface area is 189 Å². The molecule has 3 aromatic rings. The molecule has 31 heavy (non-hydrogen) atoms. The van der Waals surface area contributed by atoms with E-state index in [9.17, 15) is 9.59 Å².